The fraction of sp³-hybridized carbons (Fsp3) is 0.692. The van der Waals surface area contributed by atoms with E-state index < -0.39 is 0 Å². The topological polar surface area (TPSA) is 72.5 Å². The van der Waals surface area contributed by atoms with Crippen molar-refractivity contribution < 1.29 is 4.74 Å². The lowest BCUT2D eigenvalue weighted by molar-refractivity contribution is 0.179. The standard InChI is InChI=1S/C13H24N4OS.HI/c1-9(7-18-5)16-12(14)15-6-10-8-19-11(17-10)13(2,3)4;/h8-9H,6-7H2,1-5H3,(H3,14,15,16);1H. The average molecular weight is 412 g/mol. The average Bonchev–Trinajstić information content (AvgIpc) is 2.74. The Morgan fingerprint density at radius 2 is 2.20 bits per heavy atom. The Bertz CT molecular complexity index is 428. The van der Waals surface area contributed by atoms with Crippen LogP contribution in [0.3, 0.4) is 0 Å². The van der Waals surface area contributed by atoms with Gasteiger partial charge in [0, 0.05) is 23.9 Å². The third kappa shape index (κ3) is 6.85. The smallest absolute Gasteiger partial charge is 0.189 e. The predicted octanol–water partition coefficient (Wildman–Crippen LogP) is 2.50. The molecule has 1 unspecified atom stereocenters. The van der Waals surface area contributed by atoms with Crippen molar-refractivity contribution >= 4 is 41.3 Å². The van der Waals surface area contributed by atoms with Crippen LogP contribution in [0.15, 0.2) is 10.4 Å². The first kappa shape index (κ1) is 19.6. The maximum absolute atomic E-state index is 5.80. The second-order valence-electron chi connectivity index (χ2n) is 5.60. The number of guanidine groups is 1. The number of nitrogens with one attached hydrogen (secondary N) is 1. The molecule has 0 aliphatic heterocycles. The van der Waals surface area contributed by atoms with Gasteiger partial charge >= 0.3 is 0 Å². The molecule has 0 radical (unpaired) electrons. The van der Waals surface area contributed by atoms with Crippen molar-refractivity contribution in [3.8, 4) is 0 Å². The number of ether oxygens (including phenoxy) is 1. The van der Waals surface area contributed by atoms with Gasteiger partial charge in [-0.15, -0.1) is 35.3 Å². The number of hydrogen-bond donors (Lipinski definition) is 2. The zero-order valence-electron chi connectivity index (χ0n) is 12.8. The van der Waals surface area contributed by atoms with Gasteiger partial charge in [0.25, 0.3) is 0 Å². The number of hydrogen-bond acceptors (Lipinski definition) is 4. The molecule has 0 bridgehead atoms. The summed E-state index contributed by atoms with van der Waals surface area (Å²) in [6.07, 6.45) is 0. The molecule has 1 atom stereocenters. The monoisotopic (exact) mass is 412 g/mol. The normalized spacial score (nSPS) is 13.8. The molecular weight excluding hydrogens is 387 g/mol. The van der Waals surface area contributed by atoms with E-state index in [2.05, 4.69) is 36.1 Å². The SMILES string of the molecule is COCC(C)NC(N)=NCc1csc(C(C)(C)C)n1.I. The number of halogens is 1. The zero-order chi connectivity index (χ0) is 14.5. The molecule has 1 heterocycles. The molecule has 0 fully saturated rings. The first-order chi connectivity index (χ1) is 8.82. The summed E-state index contributed by atoms with van der Waals surface area (Å²) in [7, 11) is 1.66. The van der Waals surface area contributed by atoms with Crippen molar-refractivity contribution in [3.63, 3.8) is 0 Å². The van der Waals surface area contributed by atoms with Gasteiger partial charge in [-0.2, -0.15) is 0 Å². The van der Waals surface area contributed by atoms with Gasteiger partial charge in [-0.1, -0.05) is 20.8 Å². The van der Waals surface area contributed by atoms with Gasteiger partial charge in [-0.3, -0.25) is 0 Å². The van der Waals surface area contributed by atoms with Gasteiger partial charge in [0.2, 0.25) is 0 Å². The Labute approximate surface area is 142 Å². The first-order valence-electron chi connectivity index (χ1n) is 6.33. The van der Waals surface area contributed by atoms with E-state index in [-0.39, 0.29) is 35.4 Å². The Morgan fingerprint density at radius 1 is 1.55 bits per heavy atom. The van der Waals surface area contributed by atoms with Crippen LogP contribution in [0, 0.1) is 0 Å². The van der Waals surface area contributed by atoms with Crippen LogP contribution in [0.1, 0.15) is 38.4 Å². The van der Waals surface area contributed by atoms with Crippen LogP contribution >= 0.6 is 35.3 Å². The van der Waals surface area contributed by atoms with Crippen molar-refractivity contribution in [2.75, 3.05) is 13.7 Å². The summed E-state index contributed by atoms with van der Waals surface area (Å²) < 4.78 is 5.02. The second kappa shape index (κ2) is 8.78. The Kier molecular flexibility index (Phi) is 8.60. The Balaban J connectivity index is 0.00000361. The largest absolute Gasteiger partial charge is 0.383 e. The maximum atomic E-state index is 5.80. The van der Waals surface area contributed by atoms with Crippen molar-refractivity contribution in [3.05, 3.63) is 16.1 Å². The molecule has 3 N–H and O–H groups in total. The number of thiazole rings is 1. The molecule has 7 heteroatoms. The lowest BCUT2D eigenvalue weighted by Gasteiger charge is -2.13. The van der Waals surface area contributed by atoms with Crippen LogP contribution in [0.5, 0.6) is 0 Å². The molecule has 0 aliphatic carbocycles. The van der Waals surface area contributed by atoms with Gasteiger partial charge in [-0.25, -0.2) is 9.98 Å². The molecule has 1 aromatic heterocycles. The number of nitrogens with zero attached hydrogens (tertiary/aromatic N) is 2. The van der Waals surface area contributed by atoms with Crippen LogP contribution in [0.2, 0.25) is 0 Å². The summed E-state index contributed by atoms with van der Waals surface area (Å²) in [4.78, 5) is 8.86. The Hall–Kier alpha value is -0.410. The van der Waals surface area contributed by atoms with Crippen molar-refractivity contribution in [2.24, 2.45) is 10.7 Å². The molecule has 0 amide bonds. The highest BCUT2D eigenvalue weighted by molar-refractivity contribution is 14.0. The minimum absolute atomic E-state index is 0. The van der Waals surface area contributed by atoms with Crippen molar-refractivity contribution in [1.29, 1.82) is 0 Å². The molecule has 116 valence electrons. The highest BCUT2D eigenvalue weighted by atomic mass is 127. The molecule has 0 saturated carbocycles. The summed E-state index contributed by atoms with van der Waals surface area (Å²) in [5.74, 6) is 0.426. The lowest BCUT2D eigenvalue weighted by Crippen LogP contribution is -2.40. The number of nitrogens with two attached hydrogens (primary N) is 1. The van der Waals surface area contributed by atoms with Crippen LogP contribution in [0.25, 0.3) is 0 Å². The van der Waals surface area contributed by atoms with Gasteiger partial charge < -0.3 is 15.8 Å². The van der Waals surface area contributed by atoms with Crippen LogP contribution < -0.4 is 11.1 Å². The number of methoxy groups -OCH3 is 1. The van der Waals surface area contributed by atoms with Gasteiger partial charge in [0.05, 0.1) is 23.9 Å². The molecule has 0 spiro atoms. The van der Waals surface area contributed by atoms with E-state index in [1.165, 1.54) is 0 Å². The molecule has 20 heavy (non-hydrogen) atoms. The molecule has 0 aromatic carbocycles. The molecule has 1 rings (SSSR count). The first-order valence-corrected chi connectivity index (χ1v) is 7.21. The molecule has 0 saturated heterocycles. The fourth-order valence-corrected chi connectivity index (χ4v) is 2.38. The van der Waals surface area contributed by atoms with E-state index in [0.717, 1.165) is 10.7 Å². The zero-order valence-corrected chi connectivity index (χ0v) is 15.9. The summed E-state index contributed by atoms with van der Waals surface area (Å²) in [6, 6.07) is 0.148. The molecule has 5 nitrogen and oxygen atoms in total. The highest BCUT2D eigenvalue weighted by Gasteiger charge is 2.17. The second-order valence-corrected chi connectivity index (χ2v) is 6.45. The van der Waals surface area contributed by atoms with Crippen LogP contribution in [-0.2, 0) is 16.7 Å². The third-order valence-electron chi connectivity index (χ3n) is 2.42. The van der Waals surface area contributed by atoms with Crippen molar-refractivity contribution in [1.82, 2.24) is 10.3 Å². The summed E-state index contributed by atoms with van der Waals surface area (Å²) >= 11 is 1.67. The highest BCUT2D eigenvalue weighted by Crippen LogP contribution is 2.25. The van der Waals surface area contributed by atoms with E-state index in [0.29, 0.717) is 19.1 Å². The summed E-state index contributed by atoms with van der Waals surface area (Å²) in [5.41, 5.74) is 6.85. The van der Waals surface area contributed by atoms with Crippen LogP contribution in [-0.4, -0.2) is 30.7 Å². The fourth-order valence-electron chi connectivity index (χ4n) is 1.48. The summed E-state index contributed by atoms with van der Waals surface area (Å²) in [6.45, 7) is 9.56. The third-order valence-corrected chi connectivity index (χ3v) is 3.73. The summed E-state index contributed by atoms with van der Waals surface area (Å²) in [5, 5.41) is 6.23. The van der Waals surface area contributed by atoms with Crippen molar-refractivity contribution in [2.45, 2.75) is 45.7 Å². The minimum atomic E-state index is 0. The van der Waals surface area contributed by atoms with Gasteiger partial charge in [0.1, 0.15) is 0 Å². The quantitative estimate of drug-likeness (QED) is 0.443. The minimum Gasteiger partial charge on any atom is -0.383 e. The van der Waals surface area contributed by atoms with E-state index >= 15 is 0 Å². The number of aromatic nitrogens is 1. The Morgan fingerprint density at radius 3 is 2.70 bits per heavy atom. The lowest BCUT2D eigenvalue weighted by atomic mass is 9.98. The molecular formula is C13H25IN4OS. The van der Waals surface area contributed by atoms with Gasteiger partial charge in [-0.05, 0) is 6.92 Å². The molecule has 1 aromatic rings. The van der Waals surface area contributed by atoms with Crippen LogP contribution in [0.4, 0.5) is 0 Å². The predicted molar refractivity (Wildman–Crippen MR) is 96.0 cm³/mol. The van der Waals surface area contributed by atoms with E-state index in [4.69, 9.17) is 10.5 Å². The maximum Gasteiger partial charge on any atom is 0.189 e. The number of rotatable bonds is 5. The van der Waals surface area contributed by atoms with E-state index in [9.17, 15) is 0 Å². The number of aliphatic imine (C=N–C) groups is 1. The van der Waals surface area contributed by atoms with Gasteiger partial charge in [0.15, 0.2) is 5.96 Å². The van der Waals surface area contributed by atoms with E-state index in [1.807, 2.05) is 12.3 Å². The molecule has 0 aliphatic rings. The van der Waals surface area contributed by atoms with E-state index in [1.54, 1.807) is 18.4 Å².